The zero-order valence-corrected chi connectivity index (χ0v) is 11.2. The van der Waals surface area contributed by atoms with Crippen molar-refractivity contribution in [2.75, 3.05) is 12.8 Å². The fourth-order valence-electron chi connectivity index (χ4n) is 1.90. The van der Waals surface area contributed by atoms with E-state index in [-0.39, 0.29) is 12.5 Å². The van der Waals surface area contributed by atoms with Crippen LogP contribution in [0.25, 0.3) is 0 Å². The second-order valence-electron chi connectivity index (χ2n) is 4.68. The van der Waals surface area contributed by atoms with Gasteiger partial charge in [0.25, 0.3) is 0 Å². The standard InChI is InChI=1S/C14H18N4O/c1-11-4-3-5-12(8-11)9-17(2)14(19)10-18-7-6-13(15)16-18/h3-8H,9-10H2,1-2H3,(H2,15,16). The molecule has 0 radical (unpaired) electrons. The Morgan fingerprint density at radius 2 is 2.21 bits per heavy atom. The first kappa shape index (κ1) is 13.1. The van der Waals surface area contributed by atoms with Crippen molar-refractivity contribution in [2.45, 2.75) is 20.0 Å². The van der Waals surface area contributed by atoms with Crippen LogP contribution in [0.1, 0.15) is 11.1 Å². The number of nitrogen functional groups attached to an aromatic ring is 1. The molecule has 100 valence electrons. The lowest BCUT2D eigenvalue weighted by Crippen LogP contribution is -2.30. The van der Waals surface area contributed by atoms with Crippen LogP contribution >= 0.6 is 0 Å². The van der Waals surface area contributed by atoms with Gasteiger partial charge in [0.1, 0.15) is 12.4 Å². The predicted molar refractivity (Wildman–Crippen MR) is 74.3 cm³/mol. The first-order chi connectivity index (χ1) is 9.04. The number of aryl methyl sites for hydroxylation is 1. The molecule has 0 unspecified atom stereocenters. The maximum atomic E-state index is 12.0. The van der Waals surface area contributed by atoms with E-state index in [2.05, 4.69) is 11.2 Å². The zero-order chi connectivity index (χ0) is 13.8. The third kappa shape index (κ3) is 3.58. The number of hydrogen-bond donors (Lipinski definition) is 1. The normalized spacial score (nSPS) is 10.4. The SMILES string of the molecule is Cc1cccc(CN(C)C(=O)Cn2ccc(N)n2)c1. The van der Waals surface area contributed by atoms with Gasteiger partial charge in [0.05, 0.1) is 0 Å². The van der Waals surface area contributed by atoms with Gasteiger partial charge in [0.15, 0.2) is 0 Å². The molecule has 19 heavy (non-hydrogen) atoms. The Balaban J connectivity index is 1.96. The van der Waals surface area contributed by atoms with Crippen LogP contribution in [0.15, 0.2) is 36.5 Å². The van der Waals surface area contributed by atoms with E-state index in [1.54, 1.807) is 28.9 Å². The van der Waals surface area contributed by atoms with Crippen LogP contribution in [0.4, 0.5) is 5.82 Å². The number of rotatable bonds is 4. The summed E-state index contributed by atoms with van der Waals surface area (Å²) in [7, 11) is 1.79. The number of hydrogen-bond acceptors (Lipinski definition) is 3. The summed E-state index contributed by atoms with van der Waals surface area (Å²) in [5.74, 6) is 0.429. The van der Waals surface area contributed by atoms with Gasteiger partial charge in [-0.25, -0.2) is 0 Å². The van der Waals surface area contributed by atoms with Crippen LogP contribution in [0.5, 0.6) is 0 Å². The number of nitrogens with two attached hydrogens (primary N) is 1. The van der Waals surface area contributed by atoms with E-state index in [1.807, 2.05) is 25.1 Å². The maximum absolute atomic E-state index is 12.0. The van der Waals surface area contributed by atoms with Gasteiger partial charge in [-0.3, -0.25) is 9.48 Å². The minimum Gasteiger partial charge on any atom is -0.382 e. The maximum Gasteiger partial charge on any atom is 0.244 e. The molecule has 0 fully saturated rings. The van der Waals surface area contributed by atoms with E-state index >= 15 is 0 Å². The van der Waals surface area contributed by atoms with Gasteiger partial charge in [-0.2, -0.15) is 5.10 Å². The number of benzene rings is 1. The van der Waals surface area contributed by atoms with Crippen molar-refractivity contribution in [2.24, 2.45) is 0 Å². The fraction of sp³-hybridized carbons (Fsp3) is 0.286. The molecule has 0 aliphatic carbocycles. The second-order valence-corrected chi connectivity index (χ2v) is 4.68. The Labute approximate surface area is 112 Å². The largest absolute Gasteiger partial charge is 0.382 e. The highest BCUT2D eigenvalue weighted by Crippen LogP contribution is 2.07. The summed E-state index contributed by atoms with van der Waals surface area (Å²) >= 11 is 0. The first-order valence-corrected chi connectivity index (χ1v) is 6.13. The highest BCUT2D eigenvalue weighted by atomic mass is 16.2. The molecular formula is C14H18N4O. The molecule has 2 N–H and O–H groups in total. The lowest BCUT2D eigenvalue weighted by molar-refractivity contribution is -0.131. The first-order valence-electron chi connectivity index (χ1n) is 6.13. The molecule has 1 amide bonds. The van der Waals surface area contributed by atoms with Crippen molar-refractivity contribution in [1.29, 1.82) is 0 Å². The molecule has 5 nitrogen and oxygen atoms in total. The van der Waals surface area contributed by atoms with E-state index in [4.69, 9.17) is 5.73 Å². The molecule has 2 aromatic rings. The van der Waals surface area contributed by atoms with E-state index in [0.29, 0.717) is 12.4 Å². The van der Waals surface area contributed by atoms with Gasteiger partial charge in [-0.1, -0.05) is 29.8 Å². The van der Waals surface area contributed by atoms with E-state index in [1.165, 1.54) is 5.56 Å². The van der Waals surface area contributed by atoms with Crippen molar-refractivity contribution in [1.82, 2.24) is 14.7 Å². The molecule has 0 aliphatic heterocycles. The number of amides is 1. The van der Waals surface area contributed by atoms with Gasteiger partial charge < -0.3 is 10.6 Å². The third-order valence-electron chi connectivity index (χ3n) is 2.89. The monoisotopic (exact) mass is 258 g/mol. The van der Waals surface area contributed by atoms with Gasteiger partial charge >= 0.3 is 0 Å². The number of nitrogens with zero attached hydrogens (tertiary/aromatic N) is 3. The summed E-state index contributed by atoms with van der Waals surface area (Å²) in [6.45, 7) is 2.84. The third-order valence-corrected chi connectivity index (χ3v) is 2.89. The minimum atomic E-state index is 0.00426. The minimum absolute atomic E-state index is 0.00426. The average Bonchev–Trinajstić information content (AvgIpc) is 2.74. The Morgan fingerprint density at radius 3 is 2.84 bits per heavy atom. The van der Waals surface area contributed by atoms with Crippen molar-refractivity contribution in [3.63, 3.8) is 0 Å². The zero-order valence-electron chi connectivity index (χ0n) is 11.2. The number of likely N-dealkylation sites (N-methyl/N-ethyl adjacent to an activating group) is 1. The van der Waals surface area contributed by atoms with Crippen LogP contribution < -0.4 is 5.73 Å². The van der Waals surface area contributed by atoms with E-state index in [0.717, 1.165) is 5.56 Å². The van der Waals surface area contributed by atoms with Crippen molar-refractivity contribution in [3.8, 4) is 0 Å². The molecule has 1 heterocycles. The highest BCUT2D eigenvalue weighted by Gasteiger charge is 2.10. The Kier molecular flexibility index (Phi) is 3.85. The Hall–Kier alpha value is -2.30. The molecule has 2 rings (SSSR count). The summed E-state index contributed by atoms with van der Waals surface area (Å²) in [5.41, 5.74) is 7.83. The molecule has 5 heteroatoms. The average molecular weight is 258 g/mol. The molecule has 0 saturated carbocycles. The second kappa shape index (κ2) is 5.56. The van der Waals surface area contributed by atoms with Crippen LogP contribution in [0.3, 0.4) is 0 Å². The van der Waals surface area contributed by atoms with Gasteiger partial charge in [-0.05, 0) is 18.6 Å². The van der Waals surface area contributed by atoms with Crippen molar-refractivity contribution < 1.29 is 4.79 Å². The predicted octanol–water partition coefficient (Wildman–Crippen LogP) is 1.43. The Bertz CT molecular complexity index is 576. The molecule has 0 bridgehead atoms. The lowest BCUT2D eigenvalue weighted by atomic mass is 10.1. The Morgan fingerprint density at radius 1 is 1.42 bits per heavy atom. The fourth-order valence-corrected chi connectivity index (χ4v) is 1.90. The summed E-state index contributed by atoms with van der Waals surface area (Å²) in [6.07, 6.45) is 1.70. The number of aromatic nitrogens is 2. The molecule has 1 aromatic carbocycles. The van der Waals surface area contributed by atoms with Gasteiger partial charge in [0, 0.05) is 19.8 Å². The van der Waals surface area contributed by atoms with Gasteiger partial charge in [0.2, 0.25) is 5.91 Å². The molecule has 0 aliphatic rings. The molecule has 0 atom stereocenters. The molecule has 1 aromatic heterocycles. The molecule has 0 saturated heterocycles. The van der Waals surface area contributed by atoms with E-state index in [9.17, 15) is 4.79 Å². The smallest absolute Gasteiger partial charge is 0.244 e. The topological polar surface area (TPSA) is 64.2 Å². The number of carbonyl (C=O) groups excluding carboxylic acids is 1. The number of carbonyl (C=O) groups is 1. The quantitative estimate of drug-likeness (QED) is 0.902. The van der Waals surface area contributed by atoms with Crippen molar-refractivity contribution in [3.05, 3.63) is 47.7 Å². The lowest BCUT2D eigenvalue weighted by Gasteiger charge is -2.17. The number of anilines is 1. The van der Waals surface area contributed by atoms with E-state index < -0.39 is 0 Å². The van der Waals surface area contributed by atoms with Crippen LogP contribution in [-0.4, -0.2) is 27.6 Å². The van der Waals surface area contributed by atoms with Crippen LogP contribution in [0, 0.1) is 6.92 Å². The summed E-state index contributed by atoms with van der Waals surface area (Å²) in [6, 6.07) is 9.81. The van der Waals surface area contributed by atoms with Crippen LogP contribution in [-0.2, 0) is 17.9 Å². The summed E-state index contributed by atoms with van der Waals surface area (Å²) < 4.78 is 1.55. The van der Waals surface area contributed by atoms with Gasteiger partial charge in [-0.15, -0.1) is 0 Å². The summed E-state index contributed by atoms with van der Waals surface area (Å²) in [4.78, 5) is 13.7. The molecular weight excluding hydrogens is 240 g/mol. The van der Waals surface area contributed by atoms with Crippen LogP contribution in [0.2, 0.25) is 0 Å². The van der Waals surface area contributed by atoms with Crippen molar-refractivity contribution >= 4 is 11.7 Å². The summed E-state index contributed by atoms with van der Waals surface area (Å²) in [5, 5.41) is 4.00. The molecule has 0 spiro atoms. The highest BCUT2D eigenvalue weighted by molar-refractivity contribution is 5.75.